The van der Waals surface area contributed by atoms with Crippen molar-refractivity contribution in [3.63, 3.8) is 0 Å². The van der Waals surface area contributed by atoms with E-state index in [1.54, 1.807) is 49.7 Å². The lowest BCUT2D eigenvalue weighted by atomic mass is 9.94. The molecule has 0 aliphatic heterocycles. The van der Waals surface area contributed by atoms with E-state index in [1.165, 1.54) is 12.0 Å². The molecule has 42 heavy (non-hydrogen) atoms. The maximum atomic E-state index is 14.1. The van der Waals surface area contributed by atoms with Crippen molar-refractivity contribution in [2.75, 3.05) is 24.4 Å². The number of carbonyl (C=O) groups excluding carboxylic acids is 3. The largest absolute Gasteiger partial charge is 0.497 e. The Bertz CT molecular complexity index is 1340. The van der Waals surface area contributed by atoms with Crippen LogP contribution < -0.4 is 25.0 Å². The highest BCUT2D eigenvalue weighted by molar-refractivity contribution is 6.03. The molecular formula is C33H40N4O5. The molecule has 2 aromatic carbocycles. The Morgan fingerprint density at radius 2 is 1.71 bits per heavy atom. The maximum absolute atomic E-state index is 14.1. The minimum absolute atomic E-state index is 0.0368. The van der Waals surface area contributed by atoms with Crippen molar-refractivity contribution in [1.82, 2.24) is 10.3 Å². The van der Waals surface area contributed by atoms with Crippen molar-refractivity contribution in [3.8, 4) is 11.5 Å². The zero-order valence-corrected chi connectivity index (χ0v) is 24.6. The summed E-state index contributed by atoms with van der Waals surface area (Å²) in [6.07, 6.45) is 7.15. The third-order valence-corrected chi connectivity index (χ3v) is 7.49. The van der Waals surface area contributed by atoms with Crippen LogP contribution >= 0.6 is 0 Å². The molecule has 0 radical (unpaired) electrons. The summed E-state index contributed by atoms with van der Waals surface area (Å²) < 4.78 is 11.2. The van der Waals surface area contributed by atoms with E-state index >= 15 is 0 Å². The molecule has 0 spiro atoms. The van der Waals surface area contributed by atoms with Gasteiger partial charge in [0, 0.05) is 31.1 Å². The van der Waals surface area contributed by atoms with Gasteiger partial charge in [-0.25, -0.2) is 4.98 Å². The van der Waals surface area contributed by atoms with Crippen LogP contribution in [0.5, 0.6) is 11.5 Å². The molecule has 9 heteroatoms. The lowest BCUT2D eigenvalue weighted by Gasteiger charge is -2.34. The highest BCUT2D eigenvalue weighted by Crippen LogP contribution is 2.38. The second-order valence-electron chi connectivity index (χ2n) is 10.6. The van der Waals surface area contributed by atoms with Gasteiger partial charge in [0.1, 0.15) is 23.4 Å². The first kappa shape index (κ1) is 30.6. The predicted octanol–water partition coefficient (Wildman–Crippen LogP) is 5.74. The Labute approximate surface area is 247 Å². The Morgan fingerprint density at radius 3 is 2.38 bits per heavy atom. The molecule has 4 rings (SSSR count). The maximum Gasteiger partial charge on any atom is 0.248 e. The molecule has 1 aliphatic carbocycles. The van der Waals surface area contributed by atoms with Gasteiger partial charge in [-0.15, -0.1) is 0 Å². The van der Waals surface area contributed by atoms with Gasteiger partial charge < -0.3 is 20.1 Å². The first-order valence-corrected chi connectivity index (χ1v) is 14.5. The van der Waals surface area contributed by atoms with Gasteiger partial charge in [-0.2, -0.15) is 0 Å². The predicted molar refractivity (Wildman–Crippen MR) is 163 cm³/mol. The van der Waals surface area contributed by atoms with Gasteiger partial charge in [0.2, 0.25) is 17.7 Å². The highest BCUT2D eigenvalue weighted by atomic mass is 16.5. The summed E-state index contributed by atoms with van der Waals surface area (Å²) in [5, 5.41) is 5.98. The lowest BCUT2D eigenvalue weighted by molar-refractivity contribution is -0.127. The van der Waals surface area contributed by atoms with E-state index < -0.39 is 6.04 Å². The molecule has 1 aliphatic rings. The van der Waals surface area contributed by atoms with Crippen molar-refractivity contribution in [3.05, 3.63) is 78.0 Å². The Kier molecular flexibility index (Phi) is 10.9. The Morgan fingerprint density at radius 1 is 0.952 bits per heavy atom. The molecule has 1 atom stereocenters. The van der Waals surface area contributed by atoms with Crippen LogP contribution in [0.25, 0.3) is 0 Å². The van der Waals surface area contributed by atoms with Crippen LogP contribution in [-0.4, -0.2) is 43.0 Å². The second-order valence-corrected chi connectivity index (χ2v) is 10.6. The summed E-state index contributed by atoms with van der Waals surface area (Å²) in [5.74, 6) is 0.606. The molecule has 0 bridgehead atoms. The molecular weight excluding hydrogens is 532 g/mol. The molecule has 1 saturated carbocycles. The fourth-order valence-electron chi connectivity index (χ4n) is 5.26. The Hall–Kier alpha value is -4.40. The number of nitrogens with one attached hydrogen (secondary N) is 2. The molecule has 222 valence electrons. The molecule has 1 heterocycles. The van der Waals surface area contributed by atoms with Gasteiger partial charge in [0.25, 0.3) is 0 Å². The number of nitrogens with zero attached hydrogens (tertiary/aromatic N) is 2. The standard InChI is InChI=1S/C33H40N4O5/c1-23-15-17-24(18-16-23)32(33(40)35-25-10-5-4-6-11-25)37(27-22-26(41-2)19-20-28(27)42-3)31(39)14-9-13-30(38)36-29-12-7-8-21-34-29/h7-8,12,15-22,25,32H,4-6,9-11,13-14H2,1-3H3,(H,35,40)(H,34,36,38)/t32-/m1/s1. The van der Waals surface area contributed by atoms with E-state index in [4.69, 9.17) is 9.47 Å². The van der Waals surface area contributed by atoms with Crippen molar-refractivity contribution in [1.29, 1.82) is 0 Å². The van der Waals surface area contributed by atoms with Crippen LogP contribution in [0.1, 0.15) is 68.5 Å². The summed E-state index contributed by atoms with van der Waals surface area (Å²) in [6.45, 7) is 1.98. The van der Waals surface area contributed by atoms with E-state index in [1.807, 2.05) is 31.2 Å². The van der Waals surface area contributed by atoms with E-state index in [-0.39, 0.29) is 43.0 Å². The van der Waals surface area contributed by atoms with Gasteiger partial charge in [0.15, 0.2) is 0 Å². The topological polar surface area (TPSA) is 110 Å². The van der Waals surface area contributed by atoms with Gasteiger partial charge in [0.05, 0.1) is 19.9 Å². The number of methoxy groups -OCH3 is 2. The van der Waals surface area contributed by atoms with Gasteiger partial charge in [-0.05, 0) is 56.0 Å². The van der Waals surface area contributed by atoms with Crippen LogP contribution in [0, 0.1) is 6.92 Å². The average Bonchev–Trinajstić information content (AvgIpc) is 3.01. The van der Waals surface area contributed by atoms with Crippen LogP contribution in [0.4, 0.5) is 11.5 Å². The molecule has 3 aromatic rings. The minimum atomic E-state index is -0.955. The van der Waals surface area contributed by atoms with E-state index in [9.17, 15) is 14.4 Å². The fourth-order valence-corrected chi connectivity index (χ4v) is 5.26. The number of carbonyl (C=O) groups is 3. The van der Waals surface area contributed by atoms with Crippen molar-refractivity contribution in [2.45, 2.75) is 70.4 Å². The molecule has 0 saturated heterocycles. The second kappa shape index (κ2) is 15.0. The summed E-state index contributed by atoms with van der Waals surface area (Å²) in [7, 11) is 3.07. The Balaban J connectivity index is 1.66. The summed E-state index contributed by atoms with van der Waals surface area (Å²) >= 11 is 0. The van der Waals surface area contributed by atoms with Gasteiger partial charge in [-0.1, -0.05) is 55.2 Å². The third kappa shape index (κ3) is 8.09. The van der Waals surface area contributed by atoms with Crippen LogP contribution in [0.3, 0.4) is 0 Å². The first-order chi connectivity index (χ1) is 20.4. The summed E-state index contributed by atoms with van der Waals surface area (Å²) in [5.41, 5.74) is 2.14. The van der Waals surface area contributed by atoms with E-state index in [2.05, 4.69) is 15.6 Å². The van der Waals surface area contributed by atoms with E-state index in [0.717, 1.165) is 37.7 Å². The molecule has 1 aromatic heterocycles. The molecule has 0 unspecified atom stereocenters. The number of ether oxygens (including phenoxy) is 2. The van der Waals surface area contributed by atoms with Crippen molar-refractivity contribution < 1.29 is 23.9 Å². The normalized spacial score (nSPS) is 14.0. The summed E-state index contributed by atoms with van der Waals surface area (Å²) in [6, 6.07) is 17.2. The monoisotopic (exact) mass is 572 g/mol. The SMILES string of the molecule is COc1ccc(OC)c(N(C(=O)CCCC(=O)Nc2ccccn2)[C@@H](C(=O)NC2CCCCC2)c2ccc(C)cc2)c1. The fraction of sp³-hybridized carbons (Fsp3) is 0.394. The number of hydrogen-bond donors (Lipinski definition) is 2. The highest BCUT2D eigenvalue weighted by Gasteiger charge is 2.35. The van der Waals surface area contributed by atoms with Crippen molar-refractivity contribution in [2.24, 2.45) is 0 Å². The molecule has 2 N–H and O–H groups in total. The number of hydrogen-bond acceptors (Lipinski definition) is 6. The average molecular weight is 573 g/mol. The van der Waals surface area contributed by atoms with Gasteiger partial charge >= 0.3 is 0 Å². The van der Waals surface area contributed by atoms with Crippen LogP contribution in [0.2, 0.25) is 0 Å². The number of pyridine rings is 1. The number of aryl methyl sites for hydroxylation is 1. The van der Waals surface area contributed by atoms with Crippen molar-refractivity contribution >= 4 is 29.2 Å². The number of aromatic nitrogens is 1. The van der Waals surface area contributed by atoms with Crippen LogP contribution in [-0.2, 0) is 14.4 Å². The quantitative estimate of drug-likeness (QED) is 0.287. The minimum Gasteiger partial charge on any atom is -0.497 e. The smallest absolute Gasteiger partial charge is 0.248 e. The van der Waals surface area contributed by atoms with Gasteiger partial charge in [-0.3, -0.25) is 19.3 Å². The molecule has 9 nitrogen and oxygen atoms in total. The molecule has 1 fully saturated rings. The first-order valence-electron chi connectivity index (χ1n) is 14.5. The summed E-state index contributed by atoms with van der Waals surface area (Å²) in [4.78, 5) is 46.4. The third-order valence-electron chi connectivity index (χ3n) is 7.49. The number of benzene rings is 2. The lowest BCUT2D eigenvalue weighted by Crippen LogP contribution is -2.47. The molecule has 3 amide bonds. The van der Waals surface area contributed by atoms with E-state index in [0.29, 0.717) is 28.6 Å². The van der Waals surface area contributed by atoms with Crippen LogP contribution in [0.15, 0.2) is 66.9 Å². The zero-order valence-electron chi connectivity index (χ0n) is 24.6. The number of amides is 3. The zero-order chi connectivity index (χ0) is 29.9. The number of rotatable bonds is 12. The number of anilines is 2.